The average Bonchev–Trinajstić information content (AvgIpc) is 2.71. The van der Waals surface area contributed by atoms with Crippen molar-refractivity contribution in [3.8, 4) is 0 Å². The molecule has 0 aliphatic rings. The van der Waals surface area contributed by atoms with Gasteiger partial charge < -0.3 is 20.5 Å². The Kier molecular flexibility index (Phi) is 8.09. The molecular formula is C21H24F2N2O4. The molecule has 0 saturated carbocycles. The summed E-state index contributed by atoms with van der Waals surface area (Å²) in [6, 6.07) is 11.2. The van der Waals surface area contributed by atoms with E-state index in [0.29, 0.717) is 0 Å². The monoisotopic (exact) mass is 406 g/mol. The van der Waals surface area contributed by atoms with Crippen LogP contribution < -0.4 is 10.6 Å². The van der Waals surface area contributed by atoms with Gasteiger partial charge in [0.05, 0.1) is 6.10 Å². The van der Waals surface area contributed by atoms with Crippen LogP contribution in [0.15, 0.2) is 48.5 Å². The fourth-order valence-corrected chi connectivity index (χ4v) is 2.57. The van der Waals surface area contributed by atoms with Crippen LogP contribution in [0, 0.1) is 17.6 Å². The van der Waals surface area contributed by atoms with E-state index in [4.69, 9.17) is 4.74 Å². The molecule has 0 spiro atoms. The van der Waals surface area contributed by atoms with Crippen molar-refractivity contribution in [3.05, 3.63) is 71.3 Å². The molecule has 2 rings (SSSR count). The maximum absolute atomic E-state index is 13.3. The number of amides is 2. The van der Waals surface area contributed by atoms with Gasteiger partial charge in [-0.25, -0.2) is 13.6 Å². The summed E-state index contributed by atoms with van der Waals surface area (Å²) in [7, 11) is 0. The summed E-state index contributed by atoms with van der Waals surface area (Å²) in [5.41, 5.74) is 0.934. The second-order valence-corrected chi connectivity index (χ2v) is 6.86. The maximum Gasteiger partial charge on any atom is 0.408 e. The van der Waals surface area contributed by atoms with Crippen molar-refractivity contribution in [3.63, 3.8) is 0 Å². The first-order chi connectivity index (χ1) is 13.8. The van der Waals surface area contributed by atoms with Gasteiger partial charge in [-0.1, -0.05) is 50.2 Å². The molecule has 0 aliphatic carbocycles. The molecule has 3 N–H and O–H groups in total. The van der Waals surface area contributed by atoms with Gasteiger partial charge in [-0.15, -0.1) is 0 Å². The summed E-state index contributed by atoms with van der Waals surface area (Å²) in [4.78, 5) is 24.4. The number of aliphatic hydroxyl groups excluding tert-OH is 1. The summed E-state index contributed by atoms with van der Waals surface area (Å²) in [5.74, 6) is -2.89. The molecule has 0 fully saturated rings. The van der Waals surface area contributed by atoms with Gasteiger partial charge in [0.25, 0.3) is 0 Å². The third kappa shape index (κ3) is 6.83. The number of hydrogen-bond donors (Lipinski definition) is 3. The van der Waals surface area contributed by atoms with E-state index in [0.717, 1.165) is 17.7 Å². The van der Waals surface area contributed by atoms with Crippen LogP contribution in [0.3, 0.4) is 0 Å². The average molecular weight is 406 g/mol. The first-order valence-electron chi connectivity index (χ1n) is 9.16. The molecule has 2 aromatic rings. The van der Waals surface area contributed by atoms with Gasteiger partial charge in [-0.05, 0) is 29.2 Å². The lowest BCUT2D eigenvalue weighted by Gasteiger charge is -2.22. The number of carbonyl (C=O) groups excluding carboxylic acids is 2. The Balaban J connectivity index is 1.87. The van der Waals surface area contributed by atoms with Crippen LogP contribution in [0.4, 0.5) is 13.6 Å². The van der Waals surface area contributed by atoms with E-state index in [-0.39, 0.29) is 24.6 Å². The molecule has 0 bridgehead atoms. The summed E-state index contributed by atoms with van der Waals surface area (Å²) in [5, 5.41) is 15.1. The Hall–Kier alpha value is -3.00. The van der Waals surface area contributed by atoms with Crippen LogP contribution in [0.5, 0.6) is 0 Å². The van der Waals surface area contributed by atoms with Gasteiger partial charge in [0.15, 0.2) is 11.6 Å². The van der Waals surface area contributed by atoms with Gasteiger partial charge in [-0.2, -0.15) is 0 Å². The lowest BCUT2D eigenvalue weighted by molar-refractivity contribution is -0.124. The minimum Gasteiger partial charge on any atom is -0.445 e. The molecule has 1 unspecified atom stereocenters. The van der Waals surface area contributed by atoms with Gasteiger partial charge in [0.2, 0.25) is 5.91 Å². The molecule has 0 heterocycles. The molecule has 8 heteroatoms. The van der Waals surface area contributed by atoms with E-state index in [1.165, 1.54) is 6.07 Å². The van der Waals surface area contributed by atoms with E-state index in [2.05, 4.69) is 10.6 Å². The van der Waals surface area contributed by atoms with Gasteiger partial charge >= 0.3 is 6.09 Å². The van der Waals surface area contributed by atoms with Crippen molar-refractivity contribution in [1.29, 1.82) is 0 Å². The third-order valence-corrected chi connectivity index (χ3v) is 4.23. The van der Waals surface area contributed by atoms with Gasteiger partial charge in [0.1, 0.15) is 12.6 Å². The molecule has 0 radical (unpaired) electrons. The zero-order valence-electron chi connectivity index (χ0n) is 16.2. The minimum atomic E-state index is -1.23. The second kappa shape index (κ2) is 10.5. The Morgan fingerprint density at radius 3 is 2.38 bits per heavy atom. The van der Waals surface area contributed by atoms with Gasteiger partial charge in [-0.3, -0.25) is 4.79 Å². The highest BCUT2D eigenvalue weighted by atomic mass is 19.2. The number of aliphatic hydroxyl groups is 1. The zero-order chi connectivity index (χ0) is 21.4. The SMILES string of the molecule is CC(C)[C@H](NC(=O)OCc1ccccc1)C(=O)NCC(O)c1ccc(F)c(F)c1. The van der Waals surface area contributed by atoms with Crippen LogP contribution >= 0.6 is 0 Å². The number of alkyl carbamates (subject to hydrolysis) is 1. The largest absolute Gasteiger partial charge is 0.445 e. The first-order valence-corrected chi connectivity index (χ1v) is 9.16. The highest BCUT2D eigenvalue weighted by Crippen LogP contribution is 2.16. The lowest BCUT2D eigenvalue weighted by atomic mass is 10.0. The van der Waals surface area contributed by atoms with Crippen molar-refractivity contribution in [2.75, 3.05) is 6.54 Å². The van der Waals surface area contributed by atoms with Gasteiger partial charge in [0, 0.05) is 6.54 Å². The van der Waals surface area contributed by atoms with Crippen LogP contribution in [-0.4, -0.2) is 29.7 Å². The highest BCUT2D eigenvalue weighted by molar-refractivity contribution is 5.85. The predicted molar refractivity (Wildman–Crippen MR) is 103 cm³/mol. The molecule has 0 aliphatic heterocycles. The minimum absolute atomic E-state index is 0.0634. The fourth-order valence-electron chi connectivity index (χ4n) is 2.57. The van der Waals surface area contributed by atoms with Crippen molar-refractivity contribution in [2.24, 2.45) is 5.92 Å². The quantitative estimate of drug-likeness (QED) is 0.629. The lowest BCUT2D eigenvalue weighted by Crippen LogP contribution is -2.50. The summed E-state index contributed by atoms with van der Waals surface area (Å²) < 4.78 is 31.4. The summed E-state index contributed by atoms with van der Waals surface area (Å²) >= 11 is 0. The number of benzene rings is 2. The Morgan fingerprint density at radius 1 is 1.07 bits per heavy atom. The number of ether oxygens (including phenoxy) is 1. The van der Waals surface area contributed by atoms with Crippen molar-refractivity contribution in [2.45, 2.75) is 32.6 Å². The Bertz CT molecular complexity index is 831. The molecule has 6 nitrogen and oxygen atoms in total. The number of nitrogens with one attached hydrogen (secondary N) is 2. The molecule has 2 aromatic carbocycles. The highest BCUT2D eigenvalue weighted by Gasteiger charge is 2.25. The summed E-state index contributed by atoms with van der Waals surface area (Å²) in [6.07, 6.45) is -1.98. The molecule has 0 aromatic heterocycles. The number of rotatable bonds is 8. The molecule has 2 amide bonds. The van der Waals surface area contributed by atoms with E-state index >= 15 is 0 Å². The molecule has 156 valence electrons. The molecule has 0 saturated heterocycles. The third-order valence-electron chi connectivity index (χ3n) is 4.23. The van der Waals surface area contributed by atoms with Crippen molar-refractivity contribution < 1.29 is 28.2 Å². The number of carbonyl (C=O) groups is 2. The Labute approximate surface area is 167 Å². The van der Waals surface area contributed by atoms with Crippen molar-refractivity contribution in [1.82, 2.24) is 10.6 Å². The molecule has 29 heavy (non-hydrogen) atoms. The van der Waals surface area contributed by atoms with Crippen molar-refractivity contribution >= 4 is 12.0 Å². The van der Waals surface area contributed by atoms with Crippen LogP contribution in [0.25, 0.3) is 0 Å². The normalized spacial score (nSPS) is 12.9. The predicted octanol–water partition coefficient (Wildman–Crippen LogP) is 3.07. The van der Waals surface area contributed by atoms with E-state index in [1.807, 2.05) is 18.2 Å². The van der Waals surface area contributed by atoms with Crippen LogP contribution in [0.1, 0.15) is 31.1 Å². The van der Waals surface area contributed by atoms with Crippen LogP contribution in [0.2, 0.25) is 0 Å². The standard InChI is InChI=1S/C21H24F2N2O4/c1-13(2)19(25-21(28)29-12-14-6-4-3-5-7-14)20(27)24-11-18(26)15-8-9-16(22)17(23)10-15/h3-10,13,18-19,26H,11-12H2,1-2H3,(H,24,27)(H,25,28)/t18?,19-/m0/s1. The maximum atomic E-state index is 13.3. The number of hydrogen-bond acceptors (Lipinski definition) is 4. The second-order valence-electron chi connectivity index (χ2n) is 6.86. The zero-order valence-corrected chi connectivity index (χ0v) is 16.2. The summed E-state index contributed by atoms with van der Waals surface area (Å²) in [6.45, 7) is 3.32. The number of halogens is 2. The van der Waals surface area contributed by atoms with E-state index in [9.17, 15) is 23.5 Å². The first kappa shape index (κ1) is 22.3. The topological polar surface area (TPSA) is 87.7 Å². The molecule has 2 atom stereocenters. The van der Waals surface area contributed by atoms with E-state index < -0.39 is 35.8 Å². The smallest absolute Gasteiger partial charge is 0.408 e. The Morgan fingerprint density at radius 2 is 1.76 bits per heavy atom. The molecular weight excluding hydrogens is 382 g/mol. The van der Waals surface area contributed by atoms with E-state index in [1.54, 1.807) is 26.0 Å². The fraction of sp³-hybridized carbons (Fsp3) is 0.333. The van der Waals surface area contributed by atoms with Crippen LogP contribution in [-0.2, 0) is 16.1 Å².